The maximum Gasteiger partial charge on any atom is 0.0157 e. The Labute approximate surface area is 120 Å². The van der Waals surface area contributed by atoms with Gasteiger partial charge in [-0.15, -0.1) is 0 Å². The lowest BCUT2D eigenvalue weighted by Crippen LogP contribution is -2.31. The summed E-state index contributed by atoms with van der Waals surface area (Å²) in [7, 11) is 0. The second-order valence-corrected chi connectivity index (χ2v) is 6.21. The number of alkyl halides is 2. The van der Waals surface area contributed by atoms with Crippen LogP contribution >= 0.6 is 43.6 Å². The summed E-state index contributed by atoms with van der Waals surface area (Å²) < 4.78 is 0. The summed E-state index contributed by atoms with van der Waals surface area (Å²) in [6.07, 6.45) is 3.38. The van der Waals surface area contributed by atoms with E-state index >= 15 is 0 Å². The molecule has 0 unspecified atom stereocenters. The third kappa shape index (κ3) is 3.27. The van der Waals surface area contributed by atoms with E-state index in [0.717, 1.165) is 10.7 Å². The normalized spacial score (nSPS) is 11.8. The van der Waals surface area contributed by atoms with Crippen LogP contribution in [0.3, 0.4) is 0 Å². The quantitative estimate of drug-likeness (QED) is 0.654. The van der Waals surface area contributed by atoms with Crippen LogP contribution < -0.4 is 0 Å². The highest BCUT2D eigenvalue weighted by Gasteiger charge is 2.30. The average molecular weight is 366 g/mol. The molecule has 0 spiro atoms. The number of hydrogen-bond donors (Lipinski definition) is 0. The van der Waals surface area contributed by atoms with Crippen molar-refractivity contribution in [2.75, 3.05) is 22.7 Å². The smallest absolute Gasteiger partial charge is 0.0157 e. The number of hydrogen-bond acceptors (Lipinski definition) is 1. The fourth-order valence-electron chi connectivity index (χ4n) is 1.91. The van der Waals surface area contributed by atoms with E-state index in [4.69, 9.17) is 0 Å². The van der Waals surface area contributed by atoms with E-state index < -0.39 is 0 Å². The lowest BCUT2D eigenvalue weighted by Gasteiger charge is -2.32. The van der Waals surface area contributed by atoms with Crippen LogP contribution in [0.15, 0.2) is 24.3 Å². The molecule has 0 saturated carbocycles. The van der Waals surface area contributed by atoms with Crippen LogP contribution in [0, 0.1) is 6.92 Å². The number of thioether (sulfide) groups is 1. The summed E-state index contributed by atoms with van der Waals surface area (Å²) in [5.41, 5.74) is 3.09. The Balaban J connectivity index is 3.05. The first kappa shape index (κ1) is 14.6. The Morgan fingerprint density at radius 3 is 2.31 bits per heavy atom. The highest BCUT2D eigenvalue weighted by molar-refractivity contribution is 9.09. The Bertz CT molecular complexity index is 321. The van der Waals surface area contributed by atoms with Crippen molar-refractivity contribution >= 4 is 43.6 Å². The first-order valence-electron chi connectivity index (χ1n) is 5.37. The van der Waals surface area contributed by atoms with Crippen LogP contribution in [0.4, 0.5) is 0 Å². The summed E-state index contributed by atoms with van der Waals surface area (Å²) in [5.74, 6) is 1.20. The molecule has 0 saturated heterocycles. The minimum atomic E-state index is 0.231. The van der Waals surface area contributed by atoms with Crippen LogP contribution in [0.25, 0.3) is 0 Å². The Morgan fingerprint density at radius 1 is 1.19 bits per heavy atom. The highest BCUT2D eigenvalue weighted by Crippen LogP contribution is 2.35. The monoisotopic (exact) mass is 364 g/mol. The maximum atomic E-state index is 3.70. The van der Waals surface area contributed by atoms with Crippen molar-refractivity contribution in [2.45, 2.75) is 18.8 Å². The van der Waals surface area contributed by atoms with Gasteiger partial charge < -0.3 is 0 Å². The van der Waals surface area contributed by atoms with Gasteiger partial charge in [0.25, 0.3) is 0 Å². The molecule has 1 aromatic carbocycles. The molecule has 0 aliphatic rings. The molecule has 0 aliphatic carbocycles. The van der Waals surface area contributed by atoms with Gasteiger partial charge >= 0.3 is 0 Å². The lowest BCUT2D eigenvalue weighted by atomic mass is 9.80. The second-order valence-electron chi connectivity index (χ2n) is 4.11. The molecule has 0 aliphatic heterocycles. The fourth-order valence-corrected chi connectivity index (χ4v) is 4.60. The fraction of sp³-hybridized carbons (Fsp3) is 0.538. The molecule has 1 aromatic rings. The van der Waals surface area contributed by atoms with Crippen LogP contribution in [-0.2, 0) is 5.41 Å². The SMILES string of the molecule is CSCCC(CBr)(CBr)c1ccccc1C. The van der Waals surface area contributed by atoms with Crippen LogP contribution in [0.1, 0.15) is 17.5 Å². The van der Waals surface area contributed by atoms with Crippen molar-refractivity contribution < 1.29 is 0 Å². The Hall–Kier alpha value is 0.530. The molecule has 0 atom stereocenters. The molecule has 0 aromatic heterocycles. The van der Waals surface area contributed by atoms with E-state index in [1.807, 2.05) is 11.8 Å². The molecule has 0 N–H and O–H groups in total. The van der Waals surface area contributed by atoms with Gasteiger partial charge in [-0.05, 0) is 36.5 Å². The molecular weight excluding hydrogens is 348 g/mol. The molecule has 16 heavy (non-hydrogen) atoms. The first-order chi connectivity index (χ1) is 7.70. The van der Waals surface area contributed by atoms with E-state index in [2.05, 4.69) is 69.3 Å². The third-order valence-electron chi connectivity index (χ3n) is 3.01. The van der Waals surface area contributed by atoms with E-state index in [9.17, 15) is 0 Å². The average Bonchev–Trinajstić information content (AvgIpc) is 2.33. The molecule has 0 radical (unpaired) electrons. The highest BCUT2D eigenvalue weighted by atomic mass is 79.9. The topological polar surface area (TPSA) is 0 Å². The van der Waals surface area contributed by atoms with Crippen molar-refractivity contribution in [1.29, 1.82) is 0 Å². The van der Waals surface area contributed by atoms with Gasteiger partial charge in [-0.2, -0.15) is 11.8 Å². The van der Waals surface area contributed by atoms with E-state index in [-0.39, 0.29) is 5.41 Å². The Kier molecular flexibility index (Phi) is 6.45. The van der Waals surface area contributed by atoms with Crippen molar-refractivity contribution in [3.63, 3.8) is 0 Å². The summed E-state index contributed by atoms with van der Waals surface area (Å²) in [6.45, 7) is 2.20. The van der Waals surface area contributed by atoms with Gasteiger partial charge in [0.1, 0.15) is 0 Å². The summed E-state index contributed by atoms with van der Waals surface area (Å²) in [4.78, 5) is 0. The minimum absolute atomic E-state index is 0.231. The van der Waals surface area contributed by atoms with Gasteiger partial charge in [0, 0.05) is 16.1 Å². The second kappa shape index (κ2) is 7.07. The first-order valence-corrected chi connectivity index (χ1v) is 9.01. The van der Waals surface area contributed by atoms with Crippen molar-refractivity contribution in [3.8, 4) is 0 Å². The number of halogens is 2. The van der Waals surface area contributed by atoms with Gasteiger partial charge in [-0.25, -0.2) is 0 Å². The van der Waals surface area contributed by atoms with E-state index in [1.54, 1.807) is 0 Å². The molecule has 1 rings (SSSR count). The largest absolute Gasteiger partial charge is 0.165 e. The Morgan fingerprint density at radius 2 is 1.81 bits per heavy atom. The van der Waals surface area contributed by atoms with Gasteiger partial charge in [-0.3, -0.25) is 0 Å². The molecule has 0 amide bonds. The van der Waals surface area contributed by atoms with Gasteiger partial charge in [0.2, 0.25) is 0 Å². The molecular formula is C13H18Br2S. The lowest BCUT2D eigenvalue weighted by molar-refractivity contribution is 0.536. The van der Waals surface area contributed by atoms with Gasteiger partial charge in [0.15, 0.2) is 0 Å². The van der Waals surface area contributed by atoms with Crippen LogP contribution in [0.2, 0.25) is 0 Å². The molecule has 90 valence electrons. The number of aryl methyl sites for hydroxylation is 1. The van der Waals surface area contributed by atoms with Crippen molar-refractivity contribution in [2.24, 2.45) is 0 Å². The number of rotatable bonds is 6. The predicted octanol–water partition coefficient (Wildman–Crippen LogP) is 4.78. The number of benzene rings is 1. The van der Waals surface area contributed by atoms with Crippen LogP contribution in [0.5, 0.6) is 0 Å². The van der Waals surface area contributed by atoms with Crippen LogP contribution in [-0.4, -0.2) is 22.7 Å². The molecule has 0 fully saturated rings. The van der Waals surface area contributed by atoms with E-state index in [1.165, 1.54) is 23.3 Å². The summed E-state index contributed by atoms with van der Waals surface area (Å²) >= 11 is 9.31. The molecule has 0 heterocycles. The predicted molar refractivity (Wildman–Crippen MR) is 83.4 cm³/mol. The zero-order valence-corrected chi connectivity index (χ0v) is 13.8. The minimum Gasteiger partial charge on any atom is -0.165 e. The molecule has 0 bridgehead atoms. The van der Waals surface area contributed by atoms with Gasteiger partial charge in [0.05, 0.1) is 0 Å². The van der Waals surface area contributed by atoms with Gasteiger partial charge in [-0.1, -0.05) is 56.1 Å². The van der Waals surface area contributed by atoms with Crippen molar-refractivity contribution in [1.82, 2.24) is 0 Å². The molecule has 3 heteroatoms. The standard InChI is InChI=1S/C13H18Br2S/c1-11-5-3-4-6-12(11)13(9-14,10-15)7-8-16-2/h3-6H,7-10H2,1-2H3. The van der Waals surface area contributed by atoms with E-state index in [0.29, 0.717) is 0 Å². The summed E-state index contributed by atoms with van der Waals surface area (Å²) in [6, 6.07) is 8.72. The summed E-state index contributed by atoms with van der Waals surface area (Å²) in [5, 5.41) is 2.02. The zero-order valence-electron chi connectivity index (χ0n) is 9.80. The molecule has 0 nitrogen and oxygen atoms in total. The third-order valence-corrected chi connectivity index (χ3v) is 5.77. The maximum absolute atomic E-state index is 3.70. The zero-order chi connectivity index (χ0) is 12.0. The van der Waals surface area contributed by atoms with Crippen molar-refractivity contribution in [3.05, 3.63) is 35.4 Å².